The number of hydrogen-bond donors (Lipinski definition) is 2. The topological polar surface area (TPSA) is 63.3 Å². The Morgan fingerprint density at radius 2 is 2.05 bits per heavy atom. The molecule has 1 aromatic carbocycles. The first kappa shape index (κ1) is 16.5. The van der Waals surface area contributed by atoms with E-state index >= 15 is 0 Å². The average Bonchev–Trinajstić information content (AvgIpc) is 2.88. The normalized spacial score (nSPS) is 11.7. The van der Waals surface area contributed by atoms with E-state index in [0.29, 0.717) is 5.96 Å². The van der Waals surface area contributed by atoms with E-state index in [1.165, 1.54) is 16.1 Å². The molecule has 0 aliphatic heterocycles. The van der Waals surface area contributed by atoms with Crippen LogP contribution in [0.1, 0.15) is 34.7 Å². The molecule has 22 heavy (non-hydrogen) atoms. The quantitative estimate of drug-likeness (QED) is 0.484. The molecule has 118 valence electrons. The van der Waals surface area contributed by atoms with Gasteiger partial charge in [0.1, 0.15) is 0 Å². The van der Waals surface area contributed by atoms with Gasteiger partial charge in [0.05, 0.1) is 5.01 Å². The molecule has 0 fully saturated rings. The SMILES string of the molecule is Cc1csc(CCCCN=C(N)Nc2ccc(C)c(C)c2)n1. The van der Waals surface area contributed by atoms with E-state index in [0.717, 1.165) is 37.2 Å². The summed E-state index contributed by atoms with van der Waals surface area (Å²) in [5.41, 5.74) is 10.5. The molecule has 0 radical (unpaired) electrons. The van der Waals surface area contributed by atoms with Gasteiger partial charge < -0.3 is 11.1 Å². The number of aryl methyl sites for hydroxylation is 4. The molecule has 3 N–H and O–H groups in total. The van der Waals surface area contributed by atoms with Crippen LogP contribution in [-0.2, 0) is 6.42 Å². The highest BCUT2D eigenvalue weighted by molar-refractivity contribution is 7.09. The number of anilines is 1. The van der Waals surface area contributed by atoms with Crippen LogP contribution in [0.3, 0.4) is 0 Å². The first-order chi connectivity index (χ1) is 10.5. The summed E-state index contributed by atoms with van der Waals surface area (Å²) in [7, 11) is 0. The minimum Gasteiger partial charge on any atom is -0.370 e. The van der Waals surface area contributed by atoms with Crippen LogP contribution in [-0.4, -0.2) is 17.5 Å². The molecule has 0 atom stereocenters. The van der Waals surface area contributed by atoms with E-state index in [2.05, 4.69) is 46.7 Å². The Hall–Kier alpha value is -1.88. The van der Waals surface area contributed by atoms with Crippen molar-refractivity contribution in [2.24, 2.45) is 10.7 Å². The van der Waals surface area contributed by atoms with Crippen LogP contribution in [0.5, 0.6) is 0 Å². The van der Waals surface area contributed by atoms with E-state index in [-0.39, 0.29) is 0 Å². The predicted octanol–water partition coefficient (Wildman–Crippen LogP) is 3.82. The van der Waals surface area contributed by atoms with Crippen molar-refractivity contribution in [3.8, 4) is 0 Å². The van der Waals surface area contributed by atoms with Crippen LogP contribution in [0.25, 0.3) is 0 Å². The predicted molar refractivity (Wildman–Crippen MR) is 95.8 cm³/mol. The fraction of sp³-hybridized carbons (Fsp3) is 0.412. The third-order valence-corrected chi connectivity index (χ3v) is 4.55. The maximum absolute atomic E-state index is 5.92. The summed E-state index contributed by atoms with van der Waals surface area (Å²) in [5.74, 6) is 0.480. The van der Waals surface area contributed by atoms with Gasteiger partial charge in [-0.2, -0.15) is 0 Å². The number of rotatable bonds is 6. The highest BCUT2D eigenvalue weighted by Gasteiger charge is 1.99. The number of aliphatic imine (C=N–C) groups is 1. The van der Waals surface area contributed by atoms with Crippen molar-refractivity contribution in [1.82, 2.24) is 4.98 Å². The molecule has 2 rings (SSSR count). The summed E-state index contributed by atoms with van der Waals surface area (Å²) in [5, 5.41) is 6.45. The number of guanidine groups is 1. The molecule has 0 amide bonds. The van der Waals surface area contributed by atoms with Crippen LogP contribution in [0.2, 0.25) is 0 Å². The Balaban J connectivity index is 1.72. The molecular weight excluding hydrogens is 292 g/mol. The lowest BCUT2D eigenvalue weighted by Gasteiger charge is -2.08. The Bertz CT molecular complexity index is 646. The van der Waals surface area contributed by atoms with Crippen molar-refractivity contribution in [3.63, 3.8) is 0 Å². The second-order valence-electron chi connectivity index (χ2n) is 5.53. The summed E-state index contributed by atoms with van der Waals surface area (Å²) >= 11 is 1.73. The Labute approximate surface area is 136 Å². The van der Waals surface area contributed by atoms with Crippen LogP contribution < -0.4 is 11.1 Å². The van der Waals surface area contributed by atoms with Gasteiger partial charge in [0.25, 0.3) is 0 Å². The van der Waals surface area contributed by atoms with Gasteiger partial charge >= 0.3 is 0 Å². The molecule has 1 heterocycles. The molecule has 2 aromatic rings. The Kier molecular flexibility index (Phi) is 5.95. The van der Waals surface area contributed by atoms with E-state index < -0.39 is 0 Å². The van der Waals surface area contributed by atoms with Crippen LogP contribution in [0.15, 0.2) is 28.6 Å². The van der Waals surface area contributed by atoms with E-state index in [1.54, 1.807) is 11.3 Å². The lowest BCUT2D eigenvalue weighted by atomic mass is 10.1. The number of nitrogens with zero attached hydrogens (tertiary/aromatic N) is 2. The standard InChI is InChI=1S/C17H24N4S/c1-12-7-8-15(10-13(12)2)21-17(18)19-9-5-4-6-16-20-14(3)11-22-16/h7-8,10-11H,4-6,9H2,1-3H3,(H3,18,19,21). The third kappa shape index (κ3) is 5.15. The summed E-state index contributed by atoms with van der Waals surface area (Å²) in [4.78, 5) is 8.83. The maximum Gasteiger partial charge on any atom is 0.193 e. The highest BCUT2D eigenvalue weighted by Crippen LogP contribution is 2.14. The highest BCUT2D eigenvalue weighted by atomic mass is 32.1. The van der Waals surface area contributed by atoms with Crippen molar-refractivity contribution in [3.05, 3.63) is 45.4 Å². The Morgan fingerprint density at radius 3 is 2.73 bits per heavy atom. The second kappa shape index (κ2) is 7.94. The first-order valence-corrected chi connectivity index (χ1v) is 8.48. The van der Waals surface area contributed by atoms with Gasteiger partial charge in [-0.15, -0.1) is 11.3 Å². The van der Waals surface area contributed by atoms with Crippen molar-refractivity contribution >= 4 is 23.0 Å². The van der Waals surface area contributed by atoms with Crippen molar-refractivity contribution in [2.45, 2.75) is 40.0 Å². The number of nitrogens with one attached hydrogen (secondary N) is 1. The van der Waals surface area contributed by atoms with E-state index in [1.807, 2.05) is 13.0 Å². The maximum atomic E-state index is 5.92. The zero-order valence-electron chi connectivity index (χ0n) is 13.5. The number of unbranched alkanes of at least 4 members (excludes halogenated alkanes) is 1. The monoisotopic (exact) mass is 316 g/mol. The zero-order chi connectivity index (χ0) is 15.9. The largest absolute Gasteiger partial charge is 0.370 e. The molecule has 4 nitrogen and oxygen atoms in total. The smallest absolute Gasteiger partial charge is 0.193 e. The first-order valence-electron chi connectivity index (χ1n) is 7.60. The summed E-state index contributed by atoms with van der Waals surface area (Å²) in [6.07, 6.45) is 3.14. The lowest BCUT2D eigenvalue weighted by molar-refractivity contribution is 0.741. The minimum absolute atomic E-state index is 0.480. The molecule has 0 saturated heterocycles. The molecule has 0 aliphatic rings. The average molecular weight is 316 g/mol. The van der Waals surface area contributed by atoms with Gasteiger partial charge in [-0.05, 0) is 63.3 Å². The van der Waals surface area contributed by atoms with Gasteiger partial charge in [0.15, 0.2) is 5.96 Å². The van der Waals surface area contributed by atoms with Crippen molar-refractivity contribution < 1.29 is 0 Å². The van der Waals surface area contributed by atoms with Gasteiger partial charge in [-0.25, -0.2) is 4.98 Å². The van der Waals surface area contributed by atoms with Gasteiger partial charge in [0, 0.05) is 23.3 Å². The number of aromatic nitrogens is 1. The number of nitrogens with two attached hydrogens (primary N) is 1. The van der Waals surface area contributed by atoms with E-state index in [9.17, 15) is 0 Å². The minimum atomic E-state index is 0.480. The summed E-state index contributed by atoms with van der Waals surface area (Å²) in [6.45, 7) is 6.96. The molecule has 1 aromatic heterocycles. The van der Waals surface area contributed by atoms with E-state index in [4.69, 9.17) is 5.73 Å². The number of hydrogen-bond acceptors (Lipinski definition) is 3. The van der Waals surface area contributed by atoms with Crippen LogP contribution in [0, 0.1) is 20.8 Å². The van der Waals surface area contributed by atoms with Crippen molar-refractivity contribution in [1.29, 1.82) is 0 Å². The van der Waals surface area contributed by atoms with Gasteiger partial charge in [-0.3, -0.25) is 4.99 Å². The molecule has 0 saturated carbocycles. The third-order valence-electron chi connectivity index (χ3n) is 3.53. The van der Waals surface area contributed by atoms with Crippen molar-refractivity contribution in [2.75, 3.05) is 11.9 Å². The molecule has 5 heteroatoms. The van der Waals surface area contributed by atoms with Gasteiger partial charge in [-0.1, -0.05) is 6.07 Å². The number of thiazole rings is 1. The van der Waals surface area contributed by atoms with Crippen LogP contribution >= 0.6 is 11.3 Å². The fourth-order valence-electron chi connectivity index (χ4n) is 2.11. The fourth-order valence-corrected chi connectivity index (χ4v) is 2.93. The lowest BCUT2D eigenvalue weighted by Crippen LogP contribution is -2.22. The molecule has 0 unspecified atom stereocenters. The molecule has 0 spiro atoms. The second-order valence-corrected chi connectivity index (χ2v) is 6.47. The summed E-state index contributed by atoms with van der Waals surface area (Å²) in [6, 6.07) is 6.19. The number of benzene rings is 1. The summed E-state index contributed by atoms with van der Waals surface area (Å²) < 4.78 is 0. The molecule has 0 bridgehead atoms. The van der Waals surface area contributed by atoms with Gasteiger partial charge in [0.2, 0.25) is 0 Å². The molecular formula is C17H24N4S. The molecule has 0 aliphatic carbocycles. The van der Waals surface area contributed by atoms with Crippen LogP contribution in [0.4, 0.5) is 5.69 Å². The Morgan fingerprint density at radius 1 is 1.23 bits per heavy atom. The zero-order valence-corrected chi connectivity index (χ0v) is 14.3.